The predicted octanol–water partition coefficient (Wildman–Crippen LogP) is 2.50. The van der Waals surface area contributed by atoms with Gasteiger partial charge in [-0.3, -0.25) is 0 Å². The lowest BCUT2D eigenvalue weighted by Crippen LogP contribution is -2.15. The van der Waals surface area contributed by atoms with Crippen LogP contribution in [0, 0.1) is 17.1 Å². The summed E-state index contributed by atoms with van der Waals surface area (Å²) in [6.07, 6.45) is -5.06. The fourth-order valence-electron chi connectivity index (χ4n) is 1.21. The first-order chi connectivity index (χ1) is 7.82. The molecule has 0 radical (unpaired) electrons. The van der Waals surface area contributed by atoms with E-state index in [1.165, 1.54) is 6.07 Å². The maximum atomic E-state index is 13.5. The molecule has 0 N–H and O–H groups in total. The predicted molar refractivity (Wildman–Crippen MR) is 47.5 cm³/mol. The molecule has 0 aliphatic carbocycles. The van der Waals surface area contributed by atoms with Crippen LogP contribution in [-0.4, -0.2) is 13.1 Å². The zero-order chi connectivity index (χ0) is 13.2. The third kappa shape index (κ3) is 2.36. The Hall–Kier alpha value is -2.10. The van der Waals surface area contributed by atoms with Crippen molar-refractivity contribution in [1.29, 1.82) is 5.26 Å². The topological polar surface area (TPSA) is 50.1 Å². The minimum absolute atomic E-state index is 0.720. The van der Waals surface area contributed by atoms with Crippen LogP contribution in [0.5, 0.6) is 0 Å². The van der Waals surface area contributed by atoms with E-state index in [0.29, 0.717) is 0 Å². The van der Waals surface area contributed by atoms with Gasteiger partial charge >= 0.3 is 12.1 Å². The first kappa shape index (κ1) is 13.0. The van der Waals surface area contributed by atoms with E-state index in [2.05, 4.69) is 4.74 Å². The van der Waals surface area contributed by atoms with E-state index in [1.807, 2.05) is 0 Å². The van der Waals surface area contributed by atoms with Gasteiger partial charge in [0.05, 0.1) is 24.3 Å². The lowest BCUT2D eigenvalue weighted by atomic mass is 10.0. The van der Waals surface area contributed by atoms with Crippen molar-refractivity contribution in [3.8, 4) is 6.07 Å². The number of ether oxygens (including phenoxy) is 1. The highest BCUT2D eigenvalue weighted by Gasteiger charge is 2.39. The van der Waals surface area contributed by atoms with Crippen molar-refractivity contribution < 1.29 is 27.1 Å². The molecule has 0 atom stereocenters. The Morgan fingerprint density at radius 1 is 1.41 bits per heavy atom. The molecule has 0 saturated carbocycles. The first-order valence-corrected chi connectivity index (χ1v) is 4.21. The van der Waals surface area contributed by atoms with Gasteiger partial charge in [-0.05, 0) is 12.1 Å². The molecule has 0 fully saturated rings. The highest BCUT2D eigenvalue weighted by Crippen LogP contribution is 2.35. The molecule has 1 aromatic rings. The average molecular weight is 247 g/mol. The minimum Gasteiger partial charge on any atom is -0.465 e. The van der Waals surface area contributed by atoms with Gasteiger partial charge in [-0.15, -0.1) is 0 Å². The summed E-state index contributed by atoms with van der Waals surface area (Å²) in [7, 11) is 0.910. The fraction of sp³-hybridized carbons (Fsp3) is 0.200. The van der Waals surface area contributed by atoms with E-state index in [1.54, 1.807) is 0 Å². The second-order valence-electron chi connectivity index (χ2n) is 2.95. The quantitative estimate of drug-likeness (QED) is 0.566. The smallest absolute Gasteiger partial charge is 0.420 e. The summed E-state index contributed by atoms with van der Waals surface area (Å²) in [4.78, 5) is 11.0. The molecule has 90 valence electrons. The summed E-state index contributed by atoms with van der Waals surface area (Å²) < 4.78 is 55.1. The van der Waals surface area contributed by atoms with Crippen molar-refractivity contribution in [2.45, 2.75) is 6.18 Å². The summed E-state index contributed by atoms with van der Waals surface area (Å²) in [6, 6.07) is 2.71. The maximum Gasteiger partial charge on any atom is 0.420 e. The van der Waals surface area contributed by atoms with Crippen LogP contribution in [0.4, 0.5) is 17.6 Å². The Bertz CT molecular complexity index is 502. The molecule has 17 heavy (non-hydrogen) atoms. The molecule has 1 rings (SSSR count). The highest BCUT2D eigenvalue weighted by atomic mass is 19.4. The molecule has 0 aliphatic heterocycles. The van der Waals surface area contributed by atoms with Crippen molar-refractivity contribution in [1.82, 2.24) is 0 Å². The molecule has 0 heterocycles. The van der Waals surface area contributed by atoms with Crippen LogP contribution >= 0.6 is 0 Å². The lowest BCUT2D eigenvalue weighted by Gasteiger charge is -2.11. The minimum atomic E-state index is -5.06. The van der Waals surface area contributed by atoms with Crippen molar-refractivity contribution in [2.75, 3.05) is 7.11 Å². The molecule has 0 spiro atoms. The van der Waals surface area contributed by atoms with Crippen molar-refractivity contribution in [2.24, 2.45) is 0 Å². The van der Waals surface area contributed by atoms with Crippen LogP contribution < -0.4 is 0 Å². The number of esters is 1. The highest BCUT2D eigenvalue weighted by molar-refractivity contribution is 5.90. The Labute approximate surface area is 93.2 Å². The van der Waals surface area contributed by atoms with Gasteiger partial charge in [-0.2, -0.15) is 18.4 Å². The lowest BCUT2D eigenvalue weighted by molar-refractivity contribution is -0.140. The number of benzene rings is 1. The number of carbonyl (C=O) groups is 1. The second-order valence-corrected chi connectivity index (χ2v) is 2.95. The number of hydrogen-bond acceptors (Lipinski definition) is 3. The molecule has 0 bridgehead atoms. The number of rotatable bonds is 1. The van der Waals surface area contributed by atoms with Crippen molar-refractivity contribution in [3.05, 3.63) is 34.6 Å². The van der Waals surface area contributed by atoms with Gasteiger partial charge in [0, 0.05) is 0 Å². The molecule has 0 aromatic heterocycles. The average Bonchev–Trinajstić information content (AvgIpc) is 2.25. The van der Waals surface area contributed by atoms with Crippen LogP contribution in [0.2, 0.25) is 0 Å². The molecule has 0 unspecified atom stereocenters. The summed E-state index contributed by atoms with van der Waals surface area (Å²) in [6.45, 7) is 0. The van der Waals surface area contributed by atoms with Crippen LogP contribution in [0.1, 0.15) is 21.5 Å². The van der Waals surface area contributed by atoms with E-state index < -0.39 is 34.7 Å². The SMILES string of the molecule is COC(=O)c1ccc(C#N)c(C(F)(F)F)c1F. The molecule has 7 heteroatoms. The number of methoxy groups -OCH3 is 1. The van der Waals surface area contributed by atoms with Gasteiger partial charge in [-0.1, -0.05) is 0 Å². The van der Waals surface area contributed by atoms with Crippen LogP contribution in [0.3, 0.4) is 0 Å². The van der Waals surface area contributed by atoms with Gasteiger partial charge in [0.15, 0.2) is 5.82 Å². The van der Waals surface area contributed by atoms with Gasteiger partial charge in [-0.25, -0.2) is 9.18 Å². The second kappa shape index (κ2) is 4.41. The van der Waals surface area contributed by atoms with Crippen LogP contribution in [-0.2, 0) is 10.9 Å². The number of halogens is 4. The molecular weight excluding hydrogens is 242 g/mol. The third-order valence-corrected chi connectivity index (χ3v) is 1.95. The Morgan fingerprint density at radius 2 is 2.00 bits per heavy atom. The number of carbonyl (C=O) groups excluding carboxylic acids is 1. The van der Waals surface area contributed by atoms with Gasteiger partial charge in [0.25, 0.3) is 0 Å². The molecule has 1 aromatic carbocycles. The van der Waals surface area contributed by atoms with E-state index in [-0.39, 0.29) is 0 Å². The third-order valence-electron chi connectivity index (χ3n) is 1.95. The molecule has 0 aliphatic rings. The van der Waals surface area contributed by atoms with Crippen molar-refractivity contribution >= 4 is 5.97 Å². The number of nitrogens with zero attached hydrogens (tertiary/aromatic N) is 1. The monoisotopic (exact) mass is 247 g/mol. The summed E-state index contributed by atoms with van der Waals surface area (Å²) in [5, 5.41) is 8.46. The largest absolute Gasteiger partial charge is 0.465 e. The fourth-order valence-corrected chi connectivity index (χ4v) is 1.21. The first-order valence-electron chi connectivity index (χ1n) is 4.21. The zero-order valence-corrected chi connectivity index (χ0v) is 8.43. The summed E-state index contributed by atoms with van der Waals surface area (Å²) in [5.41, 5.74) is -3.51. The number of nitriles is 1. The van der Waals surface area contributed by atoms with Crippen molar-refractivity contribution in [3.63, 3.8) is 0 Å². The van der Waals surface area contributed by atoms with E-state index in [9.17, 15) is 22.4 Å². The number of hydrogen-bond donors (Lipinski definition) is 0. The Morgan fingerprint density at radius 3 is 2.41 bits per heavy atom. The molecular formula is C10H5F4NO2. The van der Waals surface area contributed by atoms with Gasteiger partial charge < -0.3 is 4.74 Å². The van der Waals surface area contributed by atoms with E-state index in [0.717, 1.165) is 19.2 Å². The Balaban J connectivity index is 3.56. The van der Waals surface area contributed by atoms with E-state index >= 15 is 0 Å². The normalized spacial score (nSPS) is 10.8. The van der Waals surface area contributed by atoms with Gasteiger partial charge in [0.2, 0.25) is 0 Å². The molecule has 3 nitrogen and oxygen atoms in total. The molecule has 0 saturated heterocycles. The van der Waals surface area contributed by atoms with E-state index in [4.69, 9.17) is 5.26 Å². The number of alkyl halides is 3. The maximum absolute atomic E-state index is 13.5. The van der Waals surface area contributed by atoms with Crippen LogP contribution in [0.15, 0.2) is 12.1 Å². The standard InChI is InChI=1S/C10H5F4NO2/c1-17-9(16)6-3-2-5(4-15)7(8(6)11)10(12,13)14/h2-3H,1H3. The zero-order valence-electron chi connectivity index (χ0n) is 8.43. The van der Waals surface area contributed by atoms with Gasteiger partial charge in [0.1, 0.15) is 5.56 Å². The summed E-state index contributed by atoms with van der Waals surface area (Å²) >= 11 is 0. The molecule has 0 amide bonds. The Kier molecular flexibility index (Phi) is 3.36. The summed E-state index contributed by atoms with van der Waals surface area (Å²) in [5.74, 6) is -3.04. The van der Waals surface area contributed by atoms with Crippen LogP contribution in [0.25, 0.3) is 0 Å².